The summed E-state index contributed by atoms with van der Waals surface area (Å²) in [6.07, 6.45) is 3.75. The first-order chi connectivity index (χ1) is 11.5. The molecule has 0 saturated heterocycles. The Morgan fingerprint density at radius 2 is 1.83 bits per heavy atom. The Hall–Kier alpha value is -0.340. The average molecular weight is 424 g/mol. The van der Waals surface area contributed by atoms with Crippen LogP contribution in [-0.4, -0.2) is 5.75 Å². The summed E-state index contributed by atoms with van der Waals surface area (Å²) in [5, 5.41) is 3.11. The van der Waals surface area contributed by atoms with Crippen LogP contribution in [0, 0.1) is 0 Å². The van der Waals surface area contributed by atoms with Crippen molar-refractivity contribution in [2.75, 3.05) is 5.75 Å². The van der Waals surface area contributed by atoms with Gasteiger partial charge in [-0.05, 0) is 63.2 Å². The molecule has 0 fully saturated rings. The van der Waals surface area contributed by atoms with Crippen molar-refractivity contribution in [3.63, 3.8) is 0 Å². The first-order valence-electron chi connectivity index (χ1n) is 8.43. The molecular formula is C20H27BrNPS. The van der Waals surface area contributed by atoms with Gasteiger partial charge in [0.15, 0.2) is 0 Å². The number of halogens is 1. The van der Waals surface area contributed by atoms with Gasteiger partial charge in [-0.1, -0.05) is 66.1 Å². The fourth-order valence-corrected chi connectivity index (χ4v) is 4.71. The molecule has 0 aliphatic rings. The van der Waals surface area contributed by atoms with Gasteiger partial charge in [0, 0.05) is 15.9 Å². The van der Waals surface area contributed by atoms with Crippen LogP contribution in [-0.2, 0) is 12.0 Å². The van der Waals surface area contributed by atoms with E-state index in [0.717, 1.165) is 6.54 Å². The van der Waals surface area contributed by atoms with Gasteiger partial charge in [-0.3, -0.25) is 5.09 Å². The first kappa shape index (κ1) is 20.0. The van der Waals surface area contributed by atoms with E-state index in [0.29, 0.717) is 0 Å². The maximum Gasteiger partial charge on any atom is 0.0314 e. The number of unbranched alkanes of at least 4 members (excludes halogenated alkanes) is 1. The number of hydrogen-bond acceptors (Lipinski definition) is 2. The van der Waals surface area contributed by atoms with E-state index in [4.69, 9.17) is 0 Å². The second-order valence-electron chi connectivity index (χ2n) is 6.70. The Kier molecular flexibility index (Phi) is 8.30. The van der Waals surface area contributed by atoms with Crippen molar-refractivity contribution in [3.8, 4) is 0 Å². The van der Waals surface area contributed by atoms with Gasteiger partial charge in [0.05, 0.1) is 0 Å². The van der Waals surface area contributed by atoms with Crippen molar-refractivity contribution in [3.05, 3.63) is 64.1 Å². The van der Waals surface area contributed by atoms with Gasteiger partial charge in [0.1, 0.15) is 0 Å². The molecule has 0 aliphatic carbocycles. The minimum Gasteiger partial charge on any atom is -0.296 e. The van der Waals surface area contributed by atoms with Crippen molar-refractivity contribution in [2.45, 2.75) is 50.0 Å². The lowest BCUT2D eigenvalue weighted by molar-refractivity contribution is 0.459. The molecule has 0 radical (unpaired) electrons. The van der Waals surface area contributed by atoms with Gasteiger partial charge in [-0.2, -0.15) is 0 Å². The summed E-state index contributed by atoms with van der Waals surface area (Å²) in [5.74, 6) is 1.17. The highest BCUT2D eigenvalue weighted by Crippen LogP contribution is 2.31. The summed E-state index contributed by atoms with van der Waals surface area (Å²) >= 11 is 5.64. The van der Waals surface area contributed by atoms with Gasteiger partial charge >= 0.3 is 0 Å². The van der Waals surface area contributed by atoms with Crippen molar-refractivity contribution >= 4 is 37.1 Å². The van der Waals surface area contributed by atoms with Crippen LogP contribution in [0.25, 0.3) is 0 Å². The fraction of sp³-hybridized carbons (Fsp3) is 0.400. The third kappa shape index (κ3) is 6.19. The molecule has 2 aromatic carbocycles. The van der Waals surface area contributed by atoms with Gasteiger partial charge in [-0.25, -0.2) is 0 Å². The van der Waals surface area contributed by atoms with Crippen LogP contribution in [0.1, 0.15) is 44.2 Å². The Balaban J connectivity index is 1.75. The van der Waals surface area contributed by atoms with Gasteiger partial charge in [0.25, 0.3) is 0 Å². The lowest BCUT2D eigenvalue weighted by Gasteiger charge is -2.25. The summed E-state index contributed by atoms with van der Waals surface area (Å²) in [5.41, 5.74) is 3.00. The number of benzene rings is 2. The highest BCUT2D eigenvalue weighted by atomic mass is 79.9. The monoisotopic (exact) mass is 423 g/mol. The van der Waals surface area contributed by atoms with Crippen LogP contribution in [0.15, 0.2) is 57.9 Å². The van der Waals surface area contributed by atoms with E-state index in [1.807, 2.05) is 11.8 Å². The molecule has 0 spiro atoms. The van der Waals surface area contributed by atoms with Crippen LogP contribution in [0.2, 0.25) is 0 Å². The van der Waals surface area contributed by atoms with Gasteiger partial charge < -0.3 is 0 Å². The molecule has 24 heavy (non-hydrogen) atoms. The van der Waals surface area contributed by atoms with Crippen molar-refractivity contribution < 1.29 is 0 Å². The largest absolute Gasteiger partial charge is 0.296 e. The lowest BCUT2D eigenvalue weighted by Crippen LogP contribution is -2.16. The zero-order valence-corrected chi connectivity index (χ0v) is 18.1. The second-order valence-corrected chi connectivity index (χ2v) is 9.10. The molecular weight excluding hydrogens is 397 g/mol. The smallest absolute Gasteiger partial charge is 0.0314 e. The second kappa shape index (κ2) is 9.97. The third-order valence-electron chi connectivity index (χ3n) is 4.31. The maximum absolute atomic E-state index is 3.69. The lowest BCUT2D eigenvalue weighted by atomic mass is 9.80. The Morgan fingerprint density at radius 1 is 1.08 bits per heavy atom. The molecule has 1 atom stereocenters. The molecule has 2 rings (SSSR count). The molecule has 0 heterocycles. The summed E-state index contributed by atoms with van der Waals surface area (Å²) < 4.78 is 1.20. The zero-order valence-electron chi connectivity index (χ0n) is 14.5. The Bertz CT molecular complexity index is 631. The molecule has 2 aromatic rings. The Labute approximate surface area is 161 Å². The Morgan fingerprint density at radius 3 is 2.50 bits per heavy atom. The van der Waals surface area contributed by atoms with E-state index >= 15 is 0 Å². The highest BCUT2D eigenvalue weighted by Gasteiger charge is 2.19. The standard InChI is InChI=1S/C20H27BrNPS/c1-20(2,17-8-4-3-5-9-17)12-6-7-13-24-19-11-10-16(15-22-23)14-18(19)21/h3-5,8-11,14,22H,6-7,12-13,15,23H2,1-2H3. The van der Waals surface area contributed by atoms with Crippen LogP contribution >= 0.6 is 37.1 Å². The molecule has 0 saturated carbocycles. The third-order valence-corrected chi connectivity index (χ3v) is 6.59. The summed E-state index contributed by atoms with van der Waals surface area (Å²) in [7, 11) is 2.54. The molecule has 4 heteroatoms. The average Bonchev–Trinajstić information content (AvgIpc) is 2.57. The van der Waals surface area contributed by atoms with E-state index in [1.165, 1.54) is 45.5 Å². The van der Waals surface area contributed by atoms with E-state index in [9.17, 15) is 0 Å². The topological polar surface area (TPSA) is 12.0 Å². The van der Waals surface area contributed by atoms with Crippen LogP contribution in [0.5, 0.6) is 0 Å². The van der Waals surface area contributed by atoms with Crippen molar-refractivity contribution in [1.29, 1.82) is 0 Å². The van der Waals surface area contributed by atoms with Gasteiger partial charge in [0.2, 0.25) is 0 Å². The molecule has 130 valence electrons. The molecule has 1 nitrogen and oxygen atoms in total. The molecule has 0 aromatic heterocycles. The van der Waals surface area contributed by atoms with Gasteiger partial charge in [-0.15, -0.1) is 11.8 Å². The summed E-state index contributed by atoms with van der Waals surface area (Å²) in [4.78, 5) is 1.34. The summed E-state index contributed by atoms with van der Waals surface area (Å²) in [6, 6.07) is 17.5. The predicted octanol–water partition coefficient (Wildman–Crippen LogP) is 6.57. The predicted molar refractivity (Wildman–Crippen MR) is 115 cm³/mol. The number of nitrogens with one attached hydrogen (secondary N) is 1. The minimum absolute atomic E-state index is 0.263. The molecule has 0 amide bonds. The quantitative estimate of drug-likeness (QED) is 0.278. The fourth-order valence-electron chi connectivity index (χ4n) is 2.77. The minimum atomic E-state index is 0.263. The molecule has 1 N–H and O–H groups in total. The molecule has 0 aliphatic heterocycles. The number of rotatable bonds is 9. The SMILES string of the molecule is CC(C)(CCCCSc1ccc(CNP)cc1Br)c1ccccc1. The first-order valence-corrected chi connectivity index (χ1v) is 10.8. The van der Waals surface area contributed by atoms with Crippen LogP contribution < -0.4 is 5.09 Å². The zero-order chi connectivity index (χ0) is 17.4. The number of thioether (sulfide) groups is 1. The van der Waals surface area contributed by atoms with Crippen molar-refractivity contribution in [2.24, 2.45) is 0 Å². The van der Waals surface area contributed by atoms with E-state index in [2.05, 4.69) is 92.8 Å². The molecule has 1 unspecified atom stereocenters. The normalized spacial score (nSPS) is 11.7. The maximum atomic E-state index is 3.69. The summed E-state index contributed by atoms with van der Waals surface area (Å²) in [6.45, 7) is 5.58. The van der Waals surface area contributed by atoms with Crippen molar-refractivity contribution in [1.82, 2.24) is 5.09 Å². The van der Waals surface area contributed by atoms with Crippen LogP contribution in [0.3, 0.4) is 0 Å². The highest BCUT2D eigenvalue weighted by molar-refractivity contribution is 9.10. The van der Waals surface area contributed by atoms with E-state index < -0.39 is 0 Å². The molecule has 0 bridgehead atoms. The van der Waals surface area contributed by atoms with Crippen LogP contribution in [0.4, 0.5) is 0 Å². The van der Waals surface area contributed by atoms with E-state index in [-0.39, 0.29) is 5.41 Å². The number of hydrogen-bond donors (Lipinski definition) is 1. The van der Waals surface area contributed by atoms with E-state index in [1.54, 1.807) is 0 Å².